The molecule has 1 aliphatic heterocycles. The van der Waals surface area contributed by atoms with E-state index in [2.05, 4.69) is 5.32 Å². The molecule has 0 bridgehead atoms. The van der Waals surface area contributed by atoms with Crippen LogP contribution in [0.15, 0.2) is 47.1 Å². The van der Waals surface area contributed by atoms with Gasteiger partial charge in [-0.25, -0.2) is 8.42 Å². The first-order valence-electron chi connectivity index (χ1n) is 7.89. The van der Waals surface area contributed by atoms with Crippen LogP contribution < -0.4 is 9.62 Å². The fourth-order valence-corrected chi connectivity index (χ4v) is 4.38. The first kappa shape index (κ1) is 16.6. The van der Waals surface area contributed by atoms with E-state index in [1.807, 2.05) is 19.1 Å². The number of anilines is 1. The smallest absolute Gasteiger partial charge is 0.251 e. The molecule has 1 aliphatic rings. The number of carbonyl (C=O) groups excluding carboxylic acids is 1. The van der Waals surface area contributed by atoms with Crippen molar-refractivity contribution in [1.82, 2.24) is 5.32 Å². The summed E-state index contributed by atoms with van der Waals surface area (Å²) in [5, 5.41) is 2.91. The van der Waals surface area contributed by atoms with Crippen LogP contribution in [-0.2, 0) is 16.4 Å². The lowest BCUT2D eigenvalue weighted by molar-refractivity contribution is 0.0939. The number of hydrogen-bond donors (Lipinski definition) is 1. The van der Waals surface area contributed by atoms with E-state index in [1.165, 1.54) is 4.31 Å². The summed E-state index contributed by atoms with van der Waals surface area (Å²) in [6.07, 6.45) is 2.81. The number of nitrogens with one attached hydrogen (secondary N) is 1. The number of hydrogen-bond acceptors (Lipinski definition) is 4. The lowest BCUT2D eigenvalue weighted by Crippen LogP contribution is -2.34. The first-order valence-corrected chi connectivity index (χ1v) is 9.50. The molecule has 128 valence electrons. The number of benzene rings is 1. The predicted octanol–water partition coefficient (Wildman–Crippen LogP) is 2.18. The molecule has 1 amide bonds. The zero-order chi connectivity index (χ0) is 17.2. The van der Waals surface area contributed by atoms with Gasteiger partial charge in [0, 0.05) is 24.6 Å². The molecule has 1 aromatic carbocycles. The van der Waals surface area contributed by atoms with Crippen molar-refractivity contribution >= 4 is 21.6 Å². The van der Waals surface area contributed by atoms with Gasteiger partial charge in [0.25, 0.3) is 5.91 Å². The van der Waals surface area contributed by atoms with Crippen LogP contribution >= 0.6 is 0 Å². The second kappa shape index (κ2) is 6.68. The maximum absolute atomic E-state index is 12.4. The number of amides is 1. The van der Waals surface area contributed by atoms with Gasteiger partial charge in [-0.1, -0.05) is 6.07 Å². The lowest BCUT2D eigenvalue weighted by Gasteiger charge is -2.18. The van der Waals surface area contributed by atoms with Crippen molar-refractivity contribution in [3.63, 3.8) is 0 Å². The Bertz CT molecular complexity index is 815. The van der Waals surface area contributed by atoms with Gasteiger partial charge < -0.3 is 9.73 Å². The van der Waals surface area contributed by atoms with Crippen LogP contribution in [0.25, 0.3) is 0 Å². The Hall–Kier alpha value is -2.28. The van der Waals surface area contributed by atoms with Crippen LogP contribution in [0.4, 0.5) is 5.69 Å². The Balaban J connectivity index is 1.70. The summed E-state index contributed by atoms with van der Waals surface area (Å²) >= 11 is 0. The molecule has 0 radical (unpaired) electrons. The second-order valence-electron chi connectivity index (χ2n) is 5.95. The summed E-state index contributed by atoms with van der Waals surface area (Å²) in [7, 11) is -3.25. The highest BCUT2D eigenvalue weighted by Gasteiger charge is 2.28. The molecule has 24 heavy (non-hydrogen) atoms. The van der Waals surface area contributed by atoms with Crippen LogP contribution in [0.2, 0.25) is 0 Å². The maximum atomic E-state index is 12.4. The third kappa shape index (κ3) is 3.62. The van der Waals surface area contributed by atoms with E-state index in [0.29, 0.717) is 30.6 Å². The Morgan fingerprint density at radius 1 is 1.33 bits per heavy atom. The molecule has 7 heteroatoms. The molecule has 1 fully saturated rings. The van der Waals surface area contributed by atoms with Crippen molar-refractivity contribution in [3.8, 4) is 0 Å². The molecule has 2 aromatic rings. The minimum absolute atomic E-state index is 0.0946. The summed E-state index contributed by atoms with van der Waals surface area (Å²) in [6.45, 7) is 2.36. The van der Waals surface area contributed by atoms with Crippen LogP contribution in [0, 0.1) is 0 Å². The zero-order valence-corrected chi connectivity index (χ0v) is 14.3. The van der Waals surface area contributed by atoms with E-state index in [-0.39, 0.29) is 17.7 Å². The van der Waals surface area contributed by atoms with Crippen LogP contribution in [-0.4, -0.2) is 32.7 Å². The second-order valence-corrected chi connectivity index (χ2v) is 7.96. The van der Waals surface area contributed by atoms with Crippen molar-refractivity contribution < 1.29 is 17.6 Å². The highest BCUT2D eigenvalue weighted by Crippen LogP contribution is 2.24. The van der Waals surface area contributed by atoms with Crippen molar-refractivity contribution in [1.29, 1.82) is 0 Å². The Morgan fingerprint density at radius 3 is 2.83 bits per heavy atom. The molecule has 1 atom stereocenters. The van der Waals surface area contributed by atoms with Crippen molar-refractivity contribution in [2.75, 3.05) is 16.6 Å². The van der Waals surface area contributed by atoms with Gasteiger partial charge in [0.05, 0.1) is 17.7 Å². The number of nitrogens with zero attached hydrogens (tertiary/aromatic N) is 1. The fraction of sp³-hybridized carbons (Fsp3) is 0.353. The third-order valence-electron chi connectivity index (χ3n) is 3.96. The van der Waals surface area contributed by atoms with Crippen molar-refractivity contribution in [2.24, 2.45) is 0 Å². The number of carbonyl (C=O) groups is 1. The van der Waals surface area contributed by atoms with Crippen LogP contribution in [0.5, 0.6) is 0 Å². The summed E-state index contributed by atoms with van der Waals surface area (Å²) in [5.74, 6) is 0.732. The molecular formula is C17H20N2O4S. The lowest BCUT2D eigenvalue weighted by atomic mass is 10.1. The number of sulfonamides is 1. The van der Waals surface area contributed by atoms with Crippen LogP contribution in [0.3, 0.4) is 0 Å². The minimum Gasteiger partial charge on any atom is -0.469 e. The van der Waals surface area contributed by atoms with E-state index in [9.17, 15) is 13.2 Å². The normalized spacial score (nSPS) is 17.6. The third-order valence-corrected chi connectivity index (χ3v) is 5.83. The van der Waals surface area contributed by atoms with Gasteiger partial charge >= 0.3 is 0 Å². The molecule has 0 aliphatic carbocycles. The first-order chi connectivity index (χ1) is 11.5. The predicted molar refractivity (Wildman–Crippen MR) is 91.5 cm³/mol. The SMILES string of the molecule is C[C@H](Cc1ccco1)NC(=O)c1cccc(N2CCCS2(=O)=O)c1. The van der Waals surface area contributed by atoms with Crippen molar-refractivity contribution in [3.05, 3.63) is 54.0 Å². The van der Waals surface area contributed by atoms with E-state index in [1.54, 1.807) is 30.5 Å². The quantitative estimate of drug-likeness (QED) is 0.898. The molecule has 0 saturated carbocycles. The molecular weight excluding hydrogens is 328 g/mol. The molecule has 0 unspecified atom stereocenters. The van der Waals surface area contributed by atoms with Gasteiger partial charge in [0.2, 0.25) is 10.0 Å². The summed E-state index contributed by atoms with van der Waals surface area (Å²) in [5.41, 5.74) is 0.986. The van der Waals surface area contributed by atoms with Crippen LogP contribution in [0.1, 0.15) is 29.5 Å². The zero-order valence-electron chi connectivity index (χ0n) is 13.4. The van der Waals surface area contributed by atoms with E-state index >= 15 is 0 Å². The average Bonchev–Trinajstić information content (AvgIpc) is 3.16. The molecule has 1 N–H and O–H groups in total. The highest BCUT2D eigenvalue weighted by molar-refractivity contribution is 7.93. The van der Waals surface area contributed by atoms with E-state index < -0.39 is 10.0 Å². The topological polar surface area (TPSA) is 79.6 Å². The molecule has 2 heterocycles. The monoisotopic (exact) mass is 348 g/mol. The van der Waals surface area contributed by atoms with Gasteiger partial charge in [0.15, 0.2) is 0 Å². The van der Waals surface area contributed by atoms with Gasteiger partial charge in [-0.15, -0.1) is 0 Å². The number of furan rings is 1. The Kier molecular flexibility index (Phi) is 4.62. The van der Waals surface area contributed by atoms with E-state index in [4.69, 9.17) is 4.42 Å². The fourth-order valence-electron chi connectivity index (χ4n) is 2.82. The Labute approximate surface area is 141 Å². The molecule has 0 spiro atoms. The Morgan fingerprint density at radius 2 is 2.17 bits per heavy atom. The minimum atomic E-state index is -3.25. The van der Waals surface area contributed by atoms with Gasteiger partial charge in [0.1, 0.15) is 5.76 Å². The molecule has 6 nitrogen and oxygen atoms in total. The summed E-state index contributed by atoms with van der Waals surface area (Å²) in [6, 6.07) is 10.3. The molecule has 1 aromatic heterocycles. The highest BCUT2D eigenvalue weighted by atomic mass is 32.2. The standard InChI is InChI=1S/C17H20N2O4S/c1-13(11-16-7-3-9-23-16)18-17(20)14-5-2-6-15(12-14)19-8-4-10-24(19,21)22/h2-3,5-7,9,12-13H,4,8,10-11H2,1H3,(H,18,20)/t13-/m1/s1. The largest absolute Gasteiger partial charge is 0.469 e. The number of rotatable bonds is 5. The van der Waals surface area contributed by atoms with Gasteiger partial charge in [-0.3, -0.25) is 9.10 Å². The molecule has 3 rings (SSSR count). The summed E-state index contributed by atoms with van der Waals surface area (Å²) in [4.78, 5) is 12.4. The van der Waals surface area contributed by atoms with Crippen molar-refractivity contribution in [2.45, 2.75) is 25.8 Å². The van der Waals surface area contributed by atoms with E-state index in [0.717, 1.165) is 5.76 Å². The molecule has 1 saturated heterocycles. The van der Waals surface area contributed by atoms with Gasteiger partial charge in [-0.05, 0) is 43.7 Å². The average molecular weight is 348 g/mol. The van der Waals surface area contributed by atoms with Gasteiger partial charge in [-0.2, -0.15) is 0 Å². The maximum Gasteiger partial charge on any atom is 0.251 e. The summed E-state index contributed by atoms with van der Waals surface area (Å²) < 4.78 is 30.7.